The molecule has 1 fully saturated rings. The summed E-state index contributed by atoms with van der Waals surface area (Å²) in [5.41, 5.74) is -1.19. The largest absolute Gasteiger partial charge is 0.481 e. The molecule has 4 aromatic rings. The van der Waals surface area contributed by atoms with Crippen molar-refractivity contribution >= 4 is 50.3 Å². The molecule has 254 valence electrons. The average molecular weight is 693 g/mol. The van der Waals surface area contributed by atoms with Crippen molar-refractivity contribution in [2.45, 2.75) is 63.3 Å². The number of nitrogens with one attached hydrogen (secondary N) is 2. The maximum atomic E-state index is 13.8. The number of carboxylic acid groups (broad SMARTS) is 1. The SMILES string of the molecule is O=C(O)CCNC(=O)c1ccc(CN(C(=O)Nc2nc3cc(C(F)(F)F)cc(C(F)(F)F)c3s2)c2ccc(C3CCCCC3)cc2)cc1. The minimum atomic E-state index is -5.10. The number of benzene rings is 3. The molecule has 0 unspecified atom stereocenters. The van der Waals surface area contributed by atoms with Gasteiger partial charge < -0.3 is 10.4 Å². The van der Waals surface area contributed by atoms with Gasteiger partial charge in [0, 0.05) is 17.8 Å². The summed E-state index contributed by atoms with van der Waals surface area (Å²) in [6, 6.07) is 13.3. The van der Waals surface area contributed by atoms with E-state index in [1.54, 1.807) is 24.3 Å². The molecule has 0 atom stereocenters. The van der Waals surface area contributed by atoms with Gasteiger partial charge in [-0.15, -0.1) is 0 Å². The summed E-state index contributed by atoms with van der Waals surface area (Å²) < 4.78 is 80.9. The molecule has 3 N–H and O–H groups in total. The third kappa shape index (κ3) is 8.43. The van der Waals surface area contributed by atoms with Crippen molar-refractivity contribution in [3.63, 3.8) is 0 Å². The number of thiazole rings is 1. The van der Waals surface area contributed by atoms with E-state index in [1.807, 2.05) is 12.1 Å². The lowest BCUT2D eigenvalue weighted by molar-refractivity contribution is -0.142. The Hall–Kier alpha value is -4.66. The van der Waals surface area contributed by atoms with Gasteiger partial charge in [-0.1, -0.05) is 54.9 Å². The molecule has 0 aliphatic heterocycles. The average Bonchev–Trinajstić information content (AvgIpc) is 3.45. The Bertz CT molecular complexity index is 1780. The zero-order valence-corrected chi connectivity index (χ0v) is 26.1. The van der Waals surface area contributed by atoms with E-state index in [-0.39, 0.29) is 36.3 Å². The number of aromatic nitrogens is 1. The number of carboxylic acids is 1. The topological polar surface area (TPSA) is 112 Å². The monoisotopic (exact) mass is 692 g/mol. The standard InChI is InChI=1S/C33H30F6N4O4S/c34-32(35,36)23-16-25(33(37,38)39)28-26(17-23)41-30(48-28)42-31(47)43(24-12-10-21(11-13-24)20-4-2-1-3-5-20)18-19-6-8-22(9-7-19)29(46)40-15-14-27(44)45/h6-13,16-17,20H,1-5,14-15,18H2,(H,40,46)(H,44,45)(H,41,42,47). The molecule has 15 heteroatoms. The van der Waals surface area contributed by atoms with Crippen molar-refractivity contribution < 1.29 is 45.8 Å². The number of carbonyl (C=O) groups excluding carboxylic acids is 2. The van der Waals surface area contributed by atoms with Crippen LogP contribution in [0.5, 0.6) is 0 Å². The molecular formula is C33H30F6N4O4S. The molecule has 1 aliphatic rings. The minimum absolute atomic E-state index is 0.0301. The normalized spacial score (nSPS) is 14.1. The number of nitrogens with zero attached hydrogens (tertiary/aromatic N) is 2. The Kier molecular flexibility index (Phi) is 10.3. The van der Waals surface area contributed by atoms with E-state index >= 15 is 0 Å². The van der Waals surface area contributed by atoms with E-state index in [2.05, 4.69) is 15.6 Å². The van der Waals surface area contributed by atoms with Crippen LogP contribution in [0.2, 0.25) is 0 Å². The van der Waals surface area contributed by atoms with Crippen LogP contribution in [0.25, 0.3) is 10.2 Å². The summed E-state index contributed by atoms with van der Waals surface area (Å²) in [5.74, 6) is -1.16. The maximum Gasteiger partial charge on any atom is 0.417 e. The predicted octanol–water partition coefficient (Wildman–Crippen LogP) is 8.82. The fourth-order valence-electron chi connectivity index (χ4n) is 5.59. The van der Waals surface area contributed by atoms with Crippen molar-refractivity contribution in [2.24, 2.45) is 0 Å². The number of urea groups is 1. The number of alkyl halides is 6. The number of anilines is 2. The summed E-state index contributed by atoms with van der Waals surface area (Å²) in [6.07, 6.45) is -4.87. The Labute approximate surface area is 274 Å². The highest BCUT2D eigenvalue weighted by Crippen LogP contribution is 2.43. The Balaban J connectivity index is 1.42. The fourth-order valence-corrected chi connectivity index (χ4v) is 6.56. The Morgan fingerprint density at radius 2 is 1.56 bits per heavy atom. The van der Waals surface area contributed by atoms with Crippen molar-refractivity contribution in [1.29, 1.82) is 0 Å². The van der Waals surface area contributed by atoms with Crippen LogP contribution in [0.3, 0.4) is 0 Å². The molecule has 0 bridgehead atoms. The highest BCUT2D eigenvalue weighted by Gasteiger charge is 2.39. The van der Waals surface area contributed by atoms with Crippen molar-refractivity contribution in [3.05, 3.63) is 88.5 Å². The molecule has 1 heterocycles. The molecular weight excluding hydrogens is 662 g/mol. The Morgan fingerprint density at radius 3 is 2.17 bits per heavy atom. The predicted molar refractivity (Wildman–Crippen MR) is 168 cm³/mol. The molecule has 0 saturated heterocycles. The molecule has 48 heavy (non-hydrogen) atoms. The van der Waals surface area contributed by atoms with E-state index in [0.29, 0.717) is 34.6 Å². The van der Waals surface area contributed by atoms with Gasteiger partial charge in [0.25, 0.3) is 5.91 Å². The second kappa shape index (κ2) is 14.2. The van der Waals surface area contributed by atoms with Crippen molar-refractivity contribution in [2.75, 3.05) is 16.8 Å². The Morgan fingerprint density at radius 1 is 0.896 bits per heavy atom. The fraction of sp³-hybridized carbons (Fsp3) is 0.333. The highest BCUT2D eigenvalue weighted by molar-refractivity contribution is 7.22. The third-order valence-corrected chi connectivity index (χ3v) is 9.06. The number of fused-ring (bicyclic) bond motifs is 1. The molecule has 5 rings (SSSR count). The molecule has 3 aromatic carbocycles. The first-order chi connectivity index (χ1) is 22.7. The van der Waals surface area contributed by atoms with Gasteiger partial charge in [-0.2, -0.15) is 26.3 Å². The third-order valence-electron chi connectivity index (χ3n) is 8.04. The molecule has 0 radical (unpaired) electrons. The first kappa shape index (κ1) is 34.7. The molecule has 0 spiro atoms. The van der Waals surface area contributed by atoms with Crippen LogP contribution in [0.1, 0.15) is 77.1 Å². The van der Waals surface area contributed by atoms with Gasteiger partial charge >= 0.3 is 24.4 Å². The van der Waals surface area contributed by atoms with Crippen LogP contribution >= 0.6 is 11.3 Å². The number of aliphatic carboxylic acids is 1. The lowest BCUT2D eigenvalue weighted by Gasteiger charge is -2.25. The van der Waals surface area contributed by atoms with Crippen molar-refractivity contribution in [1.82, 2.24) is 10.3 Å². The van der Waals surface area contributed by atoms with Crippen LogP contribution in [0, 0.1) is 0 Å². The summed E-state index contributed by atoms with van der Waals surface area (Å²) >= 11 is 0.414. The number of amides is 3. The van der Waals surface area contributed by atoms with Crippen molar-refractivity contribution in [3.8, 4) is 0 Å². The van der Waals surface area contributed by atoms with E-state index in [1.165, 1.54) is 23.5 Å². The quantitative estimate of drug-likeness (QED) is 0.152. The van der Waals surface area contributed by atoms with E-state index in [9.17, 15) is 40.7 Å². The number of carbonyl (C=O) groups is 3. The van der Waals surface area contributed by atoms with Gasteiger partial charge in [0.2, 0.25) is 0 Å². The first-order valence-electron chi connectivity index (χ1n) is 15.1. The van der Waals surface area contributed by atoms with Crippen LogP contribution in [-0.4, -0.2) is 34.5 Å². The van der Waals surface area contributed by atoms with Crippen LogP contribution in [0.4, 0.5) is 42.0 Å². The van der Waals surface area contributed by atoms with E-state index < -0.39 is 51.6 Å². The number of halogens is 6. The highest BCUT2D eigenvalue weighted by atomic mass is 32.1. The van der Waals surface area contributed by atoms with Crippen LogP contribution < -0.4 is 15.5 Å². The van der Waals surface area contributed by atoms with Crippen LogP contribution in [0.15, 0.2) is 60.7 Å². The zero-order chi connectivity index (χ0) is 34.6. The summed E-state index contributed by atoms with van der Waals surface area (Å²) in [4.78, 5) is 42.0. The smallest absolute Gasteiger partial charge is 0.417 e. The molecule has 1 saturated carbocycles. The van der Waals surface area contributed by atoms with E-state index in [4.69, 9.17) is 5.11 Å². The van der Waals surface area contributed by atoms with E-state index in [0.717, 1.165) is 31.2 Å². The molecule has 8 nitrogen and oxygen atoms in total. The number of hydrogen-bond acceptors (Lipinski definition) is 5. The molecule has 1 aliphatic carbocycles. The lowest BCUT2D eigenvalue weighted by atomic mass is 9.84. The van der Waals surface area contributed by atoms with Gasteiger partial charge in [0.15, 0.2) is 5.13 Å². The summed E-state index contributed by atoms with van der Waals surface area (Å²) in [7, 11) is 0. The number of hydrogen-bond donors (Lipinski definition) is 3. The van der Waals surface area contributed by atoms with Gasteiger partial charge in [0.05, 0.1) is 34.3 Å². The summed E-state index contributed by atoms with van der Waals surface area (Å²) in [5, 5.41) is 13.4. The van der Waals surface area contributed by atoms with Gasteiger partial charge in [-0.05, 0) is 66.3 Å². The second-order valence-electron chi connectivity index (χ2n) is 11.4. The number of rotatable bonds is 9. The first-order valence-corrected chi connectivity index (χ1v) is 15.9. The van der Waals surface area contributed by atoms with Gasteiger partial charge in [-0.25, -0.2) is 9.78 Å². The summed E-state index contributed by atoms with van der Waals surface area (Å²) in [6.45, 7) is -0.110. The van der Waals surface area contributed by atoms with Crippen LogP contribution in [-0.2, 0) is 23.7 Å². The van der Waals surface area contributed by atoms with Gasteiger partial charge in [0.1, 0.15) is 0 Å². The lowest BCUT2D eigenvalue weighted by Crippen LogP contribution is -2.34. The zero-order valence-electron chi connectivity index (χ0n) is 25.3. The second-order valence-corrected chi connectivity index (χ2v) is 12.4. The molecule has 3 amide bonds. The van der Waals surface area contributed by atoms with Gasteiger partial charge in [-0.3, -0.25) is 19.8 Å². The maximum absolute atomic E-state index is 13.8. The minimum Gasteiger partial charge on any atom is -0.481 e. The molecule has 1 aromatic heterocycles.